The first-order valence-corrected chi connectivity index (χ1v) is 14.0. The summed E-state index contributed by atoms with van der Waals surface area (Å²) in [5.41, 5.74) is 0.725. The molecule has 5 aliphatic carbocycles. The molecule has 0 aromatic carbocycles. The maximum atomic E-state index is 12.8. The van der Waals surface area contributed by atoms with Crippen molar-refractivity contribution in [1.82, 2.24) is 0 Å². The lowest BCUT2D eigenvalue weighted by Crippen LogP contribution is -2.55. The smallest absolute Gasteiger partial charge is 0.138 e. The summed E-state index contributed by atoms with van der Waals surface area (Å²) < 4.78 is 0. The van der Waals surface area contributed by atoms with Crippen LogP contribution in [0.25, 0.3) is 0 Å². The van der Waals surface area contributed by atoms with Gasteiger partial charge in [-0.15, -0.1) is 0 Å². The molecule has 4 nitrogen and oxygen atoms in total. The van der Waals surface area contributed by atoms with Gasteiger partial charge in [-0.1, -0.05) is 39.3 Å². The van der Waals surface area contributed by atoms with Crippen molar-refractivity contribution >= 4 is 5.78 Å². The Bertz CT molecular complexity index is 868. The lowest BCUT2D eigenvalue weighted by atomic mass is 9.43. The molecule has 0 spiro atoms. The first-order valence-electron chi connectivity index (χ1n) is 14.0. The van der Waals surface area contributed by atoms with Gasteiger partial charge >= 0.3 is 0 Å². The van der Waals surface area contributed by atoms with Crippen molar-refractivity contribution in [2.45, 2.75) is 117 Å². The van der Waals surface area contributed by atoms with Gasteiger partial charge in [0, 0.05) is 11.8 Å². The van der Waals surface area contributed by atoms with Crippen LogP contribution in [-0.4, -0.2) is 38.9 Å². The third-order valence-electron chi connectivity index (χ3n) is 12.1. The van der Waals surface area contributed by atoms with Crippen molar-refractivity contribution in [3.05, 3.63) is 11.6 Å². The van der Waals surface area contributed by atoms with E-state index in [-0.39, 0.29) is 34.2 Å². The molecule has 0 amide bonds. The summed E-state index contributed by atoms with van der Waals surface area (Å²) in [4.78, 5) is 12.8. The summed E-state index contributed by atoms with van der Waals surface area (Å²) in [6.07, 6.45) is 10.4. The number of carbonyl (C=O) groups is 1. The summed E-state index contributed by atoms with van der Waals surface area (Å²) in [5, 5.41) is 32.1. The van der Waals surface area contributed by atoms with Gasteiger partial charge in [0.25, 0.3) is 0 Å². The van der Waals surface area contributed by atoms with Crippen LogP contribution in [0, 0.1) is 51.8 Å². The quantitative estimate of drug-likeness (QED) is 0.488. The Labute approximate surface area is 206 Å². The van der Waals surface area contributed by atoms with Gasteiger partial charge in [-0.05, 0) is 112 Å². The fraction of sp³-hybridized carbons (Fsp3) is 0.900. The van der Waals surface area contributed by atoms with Crippen molar-refractivity contribution in [1.29, 1.82) is 0 Å². The van der Waals surface area contributed by atoms with Crippen LogP contribution in [0.4, 0.5) is 0 Å². The highest BCUT2D eigenvalue weighted by atomic mass is 16.3. The minimum Gasteiger partial charge on any atom is -0.393 e. The Morgan fingerprint density at radius 1 is 1.03 bits per heavy atom. The van der Waals surface area contributed by atoms with Crippen LogP contribution in [0.5, 0.6) is 0 Å². The van der Waals surface area contributed by atoms with Crippen LogP contribution in [0.3, 0.4) is 0 Å². The Morgan fingerprint density at radius 2 is 1.74 bits per heavy atom. The van der Waals surface area contributed by atoms with Crippen LogP contribution in [0.2, 0.25) is 0 Å². The molecule has 5 aliphatic rings. The topological polar surface area (TPSA) is 77.8 Å². The normalized spacial score (nSPS) is 49.1. The molecule has 3 N–H and O–H groups in total. The number of aliphatic hydroxyl groups excluding tert-OH is 2. The van der Waals surface area contributed by atoms with Crippen molar-refractivity contribution in [3.8, 4) is 0 Å². The van der Waals surface area contributed by atoms with Crippen LogP contribution in [-0.2, 0) is 4.79 Å². The molecule has 34 heavy (non-hydrogen) atoms. The van der Waals surface area contributed by atoms with E-state index in [1.807, 2.05) is 0 Å². The standard InChI is InChI=1S/C30H48O4/c1-27(2)24-10-9-21-22(30(24,6)14-12-25(27)32)8-7-20-18(11-13-29(20,21)5)19-15-17(16-23(19)31)26(33)28(3,4)34/h9,17-20,22-24,26,31,33-34H,7-8,10-16H2,1-6H3/t17-,18-,19+,20+,22+,23-,24-,26+,29-,30-/m0/s1. The van der Waals surface area contributed by atoms with Crippen LogP contribution >= 0.6 is 0 Å². The third kappa shape index (κ3) is 3.44. The van der Waals surface area contributed by atoms with E-state index in [9.17, 15) is 20.1 Å². The summed E-state index contributed by atoms with van der Waals surface area (Å²) in [6.45, 7) is 12.7. The molecule has 0 aromatic rings. The number of aliphatic hydroxyl groups is 3. The van der Waals surface area contributed by atoms with E-state index < -0.39 is 11.7 Å². The number of rotatable bonds is 3. The Morgan fingerprint density at radius 3 is 2.41 bits per heavy atom. The van der Waals surface area contributed by atoms with E-state index in [0.717, 1.165) is 32.1 Å². The van der Waals surface area contributed by atoms with Gasteiger partial charge in [0.2, 0.25) is 0 Å². The van der Waals surface area contributed by atoms with Crippen LogP contribution in [0.15, 0.2) is 11.6 Å². The van der Waals surface area contributed by atoms with Crippen molar-refractivity contribution in [2.75, 3.05) is 0 Å². The van der Waals surface area contributed by atoms with Gasteiger partial charge in [-0.25, -0.2) is 0 Å². The molecule has 4 heteroatoms. The highest BCUT2D eigenvalue weighted by molar-refractivity contribution is 5.85. The second-order valence-electron chi connectivity index (χ2n) is 14.5. The zero-order chi connectivity index (χ0) is 24.8. The van der Waals surface area contributed by atoms with Gasteiger partial charge in [-0.3, -0.25) is 4.79 Å². The maximum absolute atomic E-state index is 12.8. The molecule has 0 saturated heterocycles. The number of hydrogen-bond acceptors (Lipinski definition) is 4. The molecule has 0 unspecified atom stereocenters. The van der Waals surface area contributed by atoms with E-state index in [1.165, 1.54) is 19.3 Å². The summed E-state index contributed by atoms with van der Waals surface area (Å²) in [6, 6.07) is 0. The van der Waals surface area contributed by atoms with Gasteiger partial charge in [0.15, 0.2) is 0 Å². The number of allylic oxidation sites excluding steroid dienone is 2. The van der Waals surface area contributed by atoms with Gasteiger partial charge in [0.05, 0.1) is 17.8 Å². The molecule has 0 aliphatic heterocycles. The lowest BCUT2D eigenvalue weighted by Gasteiger charge is -2.60. The fourth-order valence-corrected chi connectivity index (χ4v) is 10.2. The molecule has 10 atom stereocenters. The predicted octanol–water partition coefficient (Wildman–Crippen LogP) is 5.29. The molecule has 192 valence electrons. The number of fused-ring (bicyclic) bond motifs is 5. The van der Waals surface area contributed by atoms with Crippen molar-refractivity contribution < 1.29 is 20.1 Å². The molecule has 0 aromatic heterocycles. The molecule has 5 rings (SSSR count). The molecule has 4 fully saturated rings. The molecular weight excluding hydrogens is 424 g/mol. The first kappa shape index (κ1) is 25.0. The average Bonchev–Trinajstić information content (AvgIpc) is 3.29. The summed E-state index contributed by atoms with van der Waals surface area (Å²) in [5.74, 6) is 2.75. The van der Waals surface area contributed by atoms with Crippen molar-refractivity contribution in [3.63, 3.8) is 0 Å². The molecule has 4 saturated carbocycles. The van der Waals surface area contributed by atoms with Gasteiger partial charge < -0.3 is 15.3 Å². The van der Waals surface area contributed by atoms with E-state index in [1.54, 1.807) is 19.4 Å². The summed E-state index contributed by atoms with van der Waals surface area (Å²) >= 11 is 0. The Hall–Kier alpha value is -0.710. The molecular formula is C30H48O4. The maximum Gasteiger partial charge on any atom is 0.138 e. The number of ketones is 1. The SMILES string of the molecule is CC(C)(O)[C@H](O)[C@H]1C[C@H]([C@@H]2CC[C@]3(C)C4=CC[C@H]5C(C)(C)C(=O)CC[C@@]5(C)[C@@H]4CC[C@H]23)[C@@H](O)C1. The zero-order valence-electron chi connectivity index (χ0n) is 22.3. The fourth-order valence-electron chi connectivity index (χ4n) is 10.2. The predicted molar refractivity (Wildman–Crippen MR) is 134 cm³/mol. The largest absolute Gasteiger partial charge is 0.393 e. The van der Waals surface area contributed by atoms with Gasteiger partial charge in [0.1, 0.15) is 5.78 Å². The van der Waals surface area contributed by atoms with E-state index >= 15 is 0 Å². The minimum atomic E-state index is -1.13. The second-order valence-corrected chi connectivity index (χ2v) is 14.5. The molecule has 0 bridgehead atoms. The zero-order valence-corrected chi connectivity index (χ0v) is 22.3. The van der Waals surface area contributed by atoms with E-state index in [0.29, 0.717) is 35.9 Å². The van der Waals surface area contributed by atoms with Crippen LogP contribution in [0.1, 0.15) is 99.3 Å². The van der Waals surface area contributed by atoms with E-state index in [2.05, 4.69) is 33.8 Å². The highest BCUT2D eigenvalue weighted by Gasteiger charge is 2.62. The second kappa shape index (κ2) is 7.89. The third-order valence-corrected chi connectivity index (χ3v) is 12.1. The van der Waals surface area contributed by atoms with Crippen molar-refractivity contribution in [2.24, 2.45) is 51.8 Å². The molecule has 0 heterocycles. The minimum absolute atomic E-state index is 0.0289. The Balaban J connectivity index is 1.40. The Kier molecular flexibility index (Phi) is 5.79. The van der Waals surface area contributed by atoms with E-state index in [4.69, 9.17) is 0 Å². The monoisotopic (exact) mass is 472 g/mol. The lowest BCUT2D eigenvalue weighted by molar-refractivity contribution is -0.144. The number of Topliss-reactive ketones (excluding diaryl/α,β-unsaturated/α-hetero) is 1. The summed E-state index contributed by atoms with van der Waals surface area (Å²) in [7, 11) is 0. The number of carbonyl (C=O) groups excluding carboxylic acids is 1. The average molecular weight is 473 g/mol. The molecule has 0 radical (unpaired) electrons. The van der Waals surface area contributed by atoms with Crippen LogP contribution < -0.4 is 0 Å². The first-order chi connectivity index (χ1) is 15.7. The highest BCUT2D eigenvalue weighted by Crippen LogP contribution is 2.69. The number of hydrogen-bond donors (Lipinski definition) is 3. The van der Waals surface area contributed by atoms with Gasteiger partial charge in [-0.2, -0.15) is 0 Å².